The lowest BCUT2D eigenvalue weighted by atomic mass is 10.1. The summed E-state index contributed by atoms with van der Waals surface area (Å²) in [6.07, 6.45) is 1.72. The first kappa shape index (κ1) is 15.4. The maximum atomic E-state index is 13.3. The fraction of sp³-hybridized carbons (Fsp3) is 0. The van der Waals surface area contributed by atoms with Crippen molar-refractivity contribution in [2.75, 3.05) is 5.73 Å². The second-order valence-corrected chi connectivity index (χ2v) is 5.73. The molecule has 0 aliphatic rings. The van der Waals surface area contributed by atoms with Gasteiger partial charge in [0.1, 0.15) is 23.3 Å². The van der Waals surface area contributed by atoms with Crippen molar-refractivity contribution in [3.05, 3.63) is 70.1 Å². The third-order valence-corrected chi connectivity index (χ3v) is 4.03. The Morgan fingerprint density at radius 1 is 1.09 bits per heavy atom. The Hall–Kier alpha value is -2.48. The van der Waals surface area contributed by atoms with Gasteiger partial charge in [0.05, 0.1) is 5.02 Å². The first-order valence-electron chi connectivity index (χ1n) is 6.63. The third-order valence-electron chi connectivity index (χ3n) is 3.49. The molecule has 2 N–H and O–H groups in total. The van der Waals surface area contributed by atoms with Gasteiger partial charge in [0.25, 0.3) is 0 Å². The third kappa shape index (κ3) is 2.77. The van der Waals surface area contributed by atoms with Crippen LogP contribution in [0.3, 0.4) is 0 Å². The molecule has 0 fully saturated rings. The van der Waals surface area contributed by atoms with Crippen molar-refractivity contribution < 1.29 is 4.39 Å². The topological polar surface area (TPSA) is 54.7 Å². The molecule has 23 heavy (non-hydrogen) atoms. The standard InChI is InChI=1S/C17H10Cl2FN3/c18-11-3-1-10(2-4-11)14-9-23(17(22)13(14)8-21)12-5-6-16(20)15(19)7-12/h1-7,9H,22H2. The molecule has 0 atom stereocenters. The van der Waals surface area contributed by atoms with Crippen molar-refractivity contribution >= 4 is 29.0 Å². The Morgan fingerprint density at radius 3 is 2.39 bits per heavy atom. The Balaban J connectivity index is 2.18. The van der Waals surface area contributed by atoms with E-state index in [0.29, 0.717) is 21.8 Å². The number of nitriles is 1. The molecular formula is C17H10Cl2FN3. The second-order valence-electron chi connectivity index (χ2n) is 4.89. The average molecular weight is 346 g/mol. The lowest BCUT2D eigenvalue weighted by Gasteiger charge is -2.06. The van der Waals surface area contributed by atoms with Crippen LogP contribution in [-0.4, -0.2) is 4.57 Å². The number of benzene rings is 2. The number of nitrogens with zero attached hydrogens (tertiary/aromatic N) is 2. The Morgan fingerprint density at radius 2 is 1.78 bits per heavy atom. The fourth-order valence-electron chi connectivity index (χ4n) is 2.34. The number of aromatic nitrogens is 1. The van der Waals surface area contributed by atoms with E-state index in [0.717, 1.165) is 5.56 Å². The Bertz CT molecular complexity index is 924. The van der Waals surface area contributed by atoms with Crippen LogP contribution in [0.4, 0.5) is 10.2 Å². The van der Waals surface area contributed by atoms with Gasteiger partial charge < -0.3 is 10.3 Å². The summed E-state index contributed by atoms with van der Waals surface area (Å²) in [5, 5.41) is 10.0. The van der Waals surface area contributed by atoms with E-state index >= 15 is 0 Å². The molecule has 0 unspecified atom stereocenters. The molecular weight excluding hydrogens is 336 g/mol. The van der Waals surface area contributed by atoms with Crippen LogP contribution in [0.15, 0.2) is 48.7 Å². The SMILES string of the molecule is N#Cc1c(-c2ccc(Cl)cc2)cn(-c2ccc(F)c(Cl)c2)c1N. The summed E-state index contributed by atoms with van der Waals surface area (Å²) >= 11 is 11.7. The zero-order valence-corrected chi connectivity index (χ0v) is 13.2. The molecule has 0 saturated carbocycles. The predicted molar refractivity (Wildman–Crippen MR) is 90.3 cm³/mol. The largest absolute Gasteiger partial charge is 0.384 e. The van der Waals surface area contributed by atoms with Crippen LogP contribution in [-0.2, 0) is 0 Å². The molecule has 6 heteroatoms. The smallest absolute Gasteiger partial charge is 0.141 e. The number of hydrogen-bond donors (Lipinski definition) is 1. The predicted octanol–water partition coefficient (Wildman–Crippen LogP) is 5.04. The summed E-state index contributed by atoms with van der Waals surface area (Å²) in [6, 6.07) is 13.5. The lowest BCUT2D eigenvalue weighted by molar-refractivity contribution is 0.628. The van der Waals surface area contributed by atoms with Crippen LogP contribution in [0.5, 0.6) is 0 Å². The molecule has 3 nitrogen and oxygen atoms in total. The highest BCUT2D eigenvalue weighted by atomic mass is 35.5. The first-order valence-corrected chi connectivity index (χ1v) is 7.39. The van der Waals surface area contributed by atoms with E-state index < -0.39 is 5.82 Å². The van der Waals surface area contributed by atoms with Crippen LogP contribution in [0.1, 0.15) is 5.56 Å². The van der Waals surface area contributed by atoms with Gasteiger partial charge in [0.2, 0.25) is 0 Å². The maximum absolute atomic E-state index is 13.3. The quantitative estimate of drug-likeness (QED) is 0.706. The van der Waals surface area contributed by atoms with Crippen molar-refractivity contribution in [3.63, 3.8) is 0 Å². The molecule has 3 aromatic rings. The van der Waals surface area contributed by atoms with Crippen LogP contribution < -0.4 is 5.73 Å². The number of nitrogens with two attached hydrogens (primary N) is 1. The van der Waals surface area contributed by atoms with Gasteiger partial charge in [-0.15, -0.1) is 0 Å². The highest BCUT2D eigenvalue weighted by molar-refractivity contribution is 6.31. The van der Waals surface area contributed by atoms with E-state index in [2.05, 4.69) is 6.07 Å². The van der Waals surface area contributed by atoms with Gasteiger partial charge >= 0.3 is 0 Å². The minimum absolute atomic E-state index is 0.0119. The van der Waals surface area contributed by atoms with Crippen molar-refractivity contribution in [2.24, 2.45) is 0 Å². The van der Waals surface area contributed by atoms with Crippen LogP contribution in [0.25, 0.3) is 16.8 Å². The Kier molecular flexibility index (Phi) is 3.99. The molecule has 114 valence electrons. The first-order chi connectivity index (χ1) is 11.0. The molecule has 2 aromatic carbocycles. The van der Waals surface area contributed by atoms with E-state index in [4.69, 9.17) is 28.9 Å². The number of nitrogen functional groups attached to an aromatic ring is 1. The van der Waals surface area contributed by atoms with E-state index in [1.54, 1.807) is 41.1 Å². The molecule has 0 bridgehead atoms. The van der Waals surface area contributed by atoms with Crippen molar-refractivity contribution in [1.82, 2.24) is 4.57 Å². The molecule has 1 heterocycles. The minimum atomic E-state index is -0.514. The summed E-state index contributed by atoms with van der Waals surface area (Å²) < 4.78 is 14.9. The van der Waals surface area contributed by atoms with Gasteiger partial charge in [-0.2, -0.15) is 5.26 Å². The van der Waals surface area contributed by atoms with Gasteiger partial charge in [-0.3, -0.25) is 0 Å². The highest BCUT2D eigenvalue weighted by Gasteiger charge is 2.16. The zero-order chi connectivity index (χ0) is 16.6. The fourth-order valence-corrected chi connectivity index (χ4v) is 2.64. The summed E-state index contributed by atoms with van der Waals surface area (Å²) in [5.41, 5.74) is 8.47. The maximum Gasteiger partial charge on any atom is 0.141 e. The van der Waals surface area contributed by atoms with E-state index in [1.807, 2.05) is 0 Å². The Labute approximate surface area is 142 Å². The van der Waals surface area contributed by atoms with Crippen molar-refractivity contribution in [3.8, 4) is 22.9 Å². The average Bonchev–Trinajstić information content (AvgIpc) is 2.87. The number of hydrogen-bond acceptors (Lipinski definition) is 2. The minimum Gasteiger partial charge on any atom is -0.384 e. The molecule has 0 spiro atoms. The van der Waals surface area contributed by atoms with Gasteiger partial charge in [-0.1, -0.05) is 35.3 Å². The number of anilines is 1. The van der Waals surface area contributed by atoms with Crippen LogP contribution >= 0.6 is 23.2 Å². The number of halogens is 3. The van der Waals surface area contributed by atoms with Crippen molar-refractivity contribution in [1.29, 1.82) is 5.26 Å². The molecule has 0 saturated heterocycles. The molecule has 3 rings (SSSR count). The second kappa shape index (κ2) is 5.96. The normalized spacial score (nSPS) is 10.5. The summed E-state index contributed by atoms with van der Waals surface area (Å²) in [4.78, 5) is 0. The summed E-state index contributed by atoms with van der Waals surface area (Å²) in [5.74, 6) is -0.250. The molecule has 0 amide bonds. The van der Waals surface area contributed by atoms with Crippen molar-refractivity contribution in [2.45, 2.75) is 0 Å². The van der Waals surface area contributed by atoms with Gasteiger partial charge in [-0.05, 0) is 35.9 Å². The van der Waals surface area contributed by atoms with Crippen LogP contribution in [0, 0.1) is 17.1 Å². The van der Waals surface area contributed by atoms with Crippen LogP contribution in [0.2, 0.25) is 10.0 Å². The molecule has 0 aliphatic carbocycles. The van der Waals surface area contributed by atoms with E-state index in [-0.39, 0.29) is 10.8 Å². The molecule has 1 aromatic heterocycles. The van der Waals surface area contributed by atoms with E-state index in [9.17, 15) is 9.65 Å². The lowest BCUT2D eigenvalue weighted by Crippen LogP contribution is -2.00. The van der Waals surface area contributed by atoms with Gasteiger partial charge in [0, 0.05) is 22.5 Å². The summed E-state index contributed by atoms with van der Waals surface area (Å²) in [7, 11) is 0. The number of rotatable bonds is 2. The molecule has 0 aliphatic heterocycles. The van der Waals surface area contributed by atoms with E-state index in [1.165, 1.54) is 12.1 Å². The zero-order valence-electron chi connectivity index (χ0n) is 11.7. The highest BCUT2D eigenvalue weighted by Crippen LogP contribution is 2.33. The summed E-state index contributed by atoms with van der Waals surface area (Å²) in [6.45, 7) is 0. The van der Waals surface area contributed by atoms with Gasteiger partial charge in [0.15, 0.2) is 0 Å². The monoisotopic (exact) mass is 345 g/mol. The van der Waals surface area contributed by atoms with Gasteiger partial charge in [-0.25, -0.2) is 4.39 Å². The molecule has 0 radical (unpaired) electrons.